The van der Waals surface area contributed by atoms with E-state index in [9.17, 15) is 14.7 Å². The SMILES string of the molecule is COc1cccc(N2CCC(NC(=O)N3CCC(C)(C(=O)O)C3)C2)c1. The normalized spacial score (nSPS) is 25.9. The van der Waals surface area contributed by atoms with Crippen LogP contribution in [0.4, 0.5) is 10.5 Å². The highest BCUT2D eigenvalue weighted by Gasteiger charge is 2.42. The zero-order chi connectivity index (χ0) is 18.0. The third-order valence-corrected chi connectivity index (χ3v) is 5.21. The molecule has 0 radical (unpaired) electrons. The molecule has 136 valence electrons. The fourth-order valence-corrected chi connectivity index (χ4v) is 3.49. The molecule has 0 aromatic heterocycles. The van der Waals surface area contributed by atoms with Gasteiger partial charge in [-0.3, -0.25) is 4.79 Å². The smallest absolute Gasteiger partial charge is 0.317 e. The van der Waals surface area contributed by atoms with E-state index in [0.717, 1.165) is 30.9 Å². The third kappa shape index (κ3) is 3.65. The molecule has 2 aliphatic rings. The van der Waals surface area contributed by atoms with Crippen LogP contribution in [0.5, 0.6) is 5.75 Å². The van der Waals surface area contributed by atoms with Crippen LogP contribution in [0.25, 0.3) is 0 Å². The van der Waals surface area contributed by atoms with Gasteiger partial charge in [-0.25, -0.2) is 4.79 Å². The van der Waals surface area contributed by atoms with Gasteiger partial charge in [0.1, 0.15) is 5.75 Å². The van der Waals surface area contributed by atoms with E-state index in [1.165, 1.54) is 0 Å². The molecule has 3 rings (SSSR count). The standard InChI is InChI=1S/C18H25N3O4/c1-18(16(22)23)7-9-21(12-18)17(24)19-13-6-8-20(11-13)14-4-3-5-15(10-14)25-2/h3-5,10,13H,6-9,11-12H2,1-2H3,(H,19,24)(H,22,23). The lowest BCUT2D eigenvalue weighted by atomic mass is 9.90. The average Bonchev–Trinajstić information content (AvgIpc) is 3.23. The van der Waals surface area contributed by atoms with Crippen molar-refractivity contribution in [3.05, 3.63) is 24.3 Å². The summed E-state index contributed by atoms with van der Waals surface area (Å²) in [5.41, 5.74) is 0.246. The number of carboxylic acids is 1. The Labute approximate surface area is 147 Å². The number of urea groups is 1. The van der Waals surface area contributed by atoms with E-state index < -0.39 is 11.4 Å². The highest BCUT2D eigenvalue weighted by molar-refractivity contribution is 5.79. The lowest BCUT2D eigenvalue weighted by Crippen LogP contribution is -2.46. The van der Waals surface area contributed by atoms with Gasteiger partial charge < -0.3 is 25.0 Å². The maximum absolute atomic E-state index is 12.4. The molecule has 2 heterocycles. The molecule has 2 N–H and O–H groups in total. The van der Waals surface area contributed by atoms with E-state index >= 15 is 0 Å². The van der Waals surface area contributed by atoms with Crippen LogP contribution in [-0.2, 0) is 4.79 Å². The Morgan fingerprint density at radius 3 is 2.84 bits per heavy atom. The molecule has 25 heavy (non-hydrogen) atoms. The van der Waals surface area contributed by atoms with Crippen molar-refractivity contribution < 1.29 is 19.4 Å². The second-order valence-electron chi connectivity index (χ2n) is 7.12. The molecule has 2 atom stereocenters. The molecule has 7 nitrogen and oxygen atoms in total. The zero-order valence-electron chi connectivity index (χ0n) is 14.7. The summed E-state index contributed by atoms with van der Waals surface area (Å²) in [7, 11) is 1.65. The Kier molecular flexibility index (Phi) is 4.74. The van der Waals surface area contributed by atoms with Crippen LogP contribution in [0.2, 0.25) is 0 Å². The van der Waals surface area contributed by atoms with Crippen molar-refractivity contribution in [2.45, 2.75) is 25.8 Å². The second kappa shape index (κ2) is 6.82. The van der Waals surface area contributed by atoms with Gasteiger partial charge in [0.05, 0.1) is 12.5 Å². The number of likely N-dealkylation sites (tertiary alicyclic amines) is 1. The molecule has 7 heteroatoms. The van der Waals surface area contributed by atoms with Crippen molar-refractivity contribution in [1.29, 1.82) is 0 Å². The summed E-state index contributed by atoms with van der Waals surface area (Å²) in [6.07, 6.45) is 1.36. The Bertz CT molecular complexity index is 665. The summed E-state index contributed by atoms with van der Waals surface area (Å²) >= 11 is 0. The summed E-state index contributed by atoms with van der Waals surface area (Å²) in [4.78, 5) is 27.6. The molecule has 1 aromatic rings. The predicted molar refractivity (Wildman–Crippen MR) is 94.1 cm³/mol. The van der Waals surface area contributed by atoms with E-state index in [1.54, 1.807) is 18.9 Å². The van der Waals surface area contributed by atoms with Crippen LogP contribution in [-0.4, -0.2) is 61.3 Å². The van der Waals surface area contributed by atoms with Crippen LogP contribution in [0.3, 0.4) is 0 Å². The van der Waals surface area contributed by atoms with Gasteiger partial charge in [0, 0.05) is 44.0 Å². The third-order valence-electron chi connectivity index (χ3n) is 5.21. The van der Waals surface area contributed by atoms with Gasteiger partial charge in [0.25, 0.3) is 0 Å². The van der Waals surface area contributed by atoms with Crippen molar-refractivity contribution >= 4 is 17.7 Å². The number of nitrogens with zero attached hydrogens (tertiary/aromatic N) is 2. The van der Waals surface area contributed by atoms with Gasteiger partial charge in [0.2, 0.25) is 0 Å². The van der Waals surface area contributed by atoms with Crippen LogP contribution >= 0.6 is 0 Å². The lowest BCUT2D eigenvalue weighted by Gasteiger charge is -2.23. The highest BCUT2D eigenvalue weighted by Crippen LogP contribution is 2.30. The Hall–Kier alpha value is -2.44. The molecule has 0 spiro atoms. The maximum Gasteiger partial charge on any atom is 0.317 e. The molecule has 0 bridgehead atoms. The van der Waals surface area contributed by atoms with Gasteiger partial charge in [0.15, 0.2) is 0 Å². The van der Waals surface area contributed by atoms with Crippen LogP contribution in [0.1, 0.15) is 19.8 Å². The quantitative estimate of drug-likeness (QED) is 0.868. The number of hydrogen-bond acceptors (Lipinski definition) is 4. The molecule has 2 amide bonds. The summed E-state index contributed by atoms with van der Waals surface area (Å²) in [5, 5.41) is 12.3. The number of aliphatic carboxylic acids is 1. The average molecular weight is 347 g/mol. The number of amides is 2. The first-order chi connectivity index (χ1) is 11.9. The molecule has 2 saturated heterocycles. The molecule has 2 aliphatic heterocycles. The number of carbonyl (C=O) groups excluding carboxylic acids is 1. The first-order valence-electron chi connectivity index (χ1n) is 8.59. The number of carbonyl (C=O) groups is 2. The number of nitrogens with one attached hydrogen (secondary N) is 1. The summed E-state index contributed by atoms with van der Waals surface area (Å²) < 4.78 is 5.26. The van der Waals surface area contributed by atoms with Gasteiger partial charge >= 0.3 is 12.0 Å². The van der Waals surface area contributed by atoms with Crippen molar-refractivity contribution in [2.24, 2.45) is 5.41 Å². The van der Waals surface area contributed by atoms with E-state index in [1.807, 2.05) is 24.3 Å². The minimum absolute atomic E-state index is 0.0652. The second-order valence-corrected chi connectivity index (χ2v) is 7.12. The largest absolute Gasteiger partial charge is 0.497 e. The first-order valence-corrected chi connectivity index (χ1v) is 8.59. The minimum Gasteiger partial charge on any atom is -0.497 e. The van der Waals surface area contributed by atoms with Gasteiger partial charge in [-0.15, -0.1) is 0 Å². The monoisotopic (exact) mass is 347 g/mol. The molecular weight excluding hydrogens is 322 g/mol. The number of ether oxygens (including phenoxy) is 1. The Morgan fingerprint density at radius 2 is 2.16 bits per heavy atom. The molecule has 0 saturated carbocycles. The number of hydrogen-bond donors (Lipinski definition) is 2. The molecular formula is C18H25N3O4. The number of benzene rings is 1. The Morgan fingerprint density at radius 1 is 1.36 bits per heavy atom. The Balaban J connectivity index is 1.55. The molecule has 0 aliphatic carbocycles. The van der Waals surface area contributed by atoms with Gasteiger partial charge in [-0.05, 0) is 31.9 Å². The van der Waals surface area contributed by atoms with Crippen LogP contribution < -0.4 is 15.0 Å². The number of carboxylic acid groups (broad SMARTS) is 1. The molecule has 2 unspecified atom stereocenters. The van der Waals surface area contributed by atoms with Gasteiger partial charge in [-0.1, -0.05) is 6.07 Å². The topological polar surface area (TPSA) is 82.1 Å². The highest BCUT2D eigenvalue weighted by atomic mass is 16.5. The fourth-order valence-electron chi connectivity index (χ4n) is 3.49. The number of methoxy groups -OCH3 is 1. The van der Waals surface area contributed by atoms with E-state index in [-0.39, 0.29) is 18.6 Å². The van der Waals surface area contributed by atoms with Crippen molar-refractivity contribution in [2.75, 3.05) is 38.2 Å². The fraction of sp³-hybridized carbons (Fsp3) is 0.556. The number of anilines is 1. The zero-order valence-corrected chi connectivity index (χ0v) is 14.7. The van der Waals surface area contributed by atoms with E-state index in [4.69, 9.17) is 4.74 Å². The van der Waals surface area contributed by atoms with Crippen LogP contribution in [0, 0.1) is 5.41 Å². The maximum atomic E-state index is 12.4. The molecule has 1 aromatic carbocycles. The minimum atomic E-state index is -0.840. The lowest BCUT2D eigenvalue weighted by molar-refractivity contribution is -0.147. The predicted octanol–water partition coefficient (Wildman–Crippen LogP) is 1.78. The van der Waals surface area contributed by atoms with Crippen molar-refractivity contribution in [3.8, 4) is 5.75 Å². The number of rotatable bonds is 4. The summed E-state index contributed by atoms with van der Waals surface area (Å²) in [5.74, 6) is -0.0251. The summed E-state index contributed by atoms with van der Waals surface area (Å²) in [6.45, 7) is 4.05. The first kappa shape index (κ1) is 17.4. The van der Waals surface area contributed by atoms with Crippen molar-refractivity contribution in [3.63, 3.8) is 0 Å². The van der Waals surface area contributed by atoms with Crippen LogP contribution in [0.15, 0.2) is 24.3 Å². The van der Waals surface area contributed by atoms with E-state index in [0.29, 0.717) is 13.0 Å². The summed E-state index contributed by atoms with van der Waals surface area (Å²) in [6, 6.07) is 7.79. The van der Waals surface area contributed by atoms with E-state index in [2.05, 4.69) is 10.2 Å². The van der Waals surface area contributed by atoms with Gasteiger partial charge in [-0.2, -0.15) is 0 Å². The molecule has 2 fully saturated rings. The van der Waals surface area contributed by atoms with Crippen molar-refractivity contribution in [1.82, 2.24) is 10.2 Å².